The minimum atomic E-state index is 0.747. The van der Waals surface area contributed by atoms with E-state index in [1.54, 1.807) is 0 Å². The van der Waals surface area contributed by atoms with Crippen LogP contribution in [-0.4, -0.2) is 0 Å². The molecule has 25 heavy (non-hydrogen) atoms. The molecule has 4 atom stereocenters. The average Bonchev–Trinajstić information content (AvgIpc) is 2.65. The van der Waals surface area contributed by atoms with Crippen molar-refractivity contribution in [3.63, 3.8) is 0 Å². The zero-order valence-corrected chi connectivity index (χ0v) is 16.9. The molecule has 0 aliphatic heterocycles. The number of ether oxygens (including phenoxy) is 1. The highest BCUT2D eigenvalue weighted by atomic mass is 16.5. The number of hydrogen-bond acceptors (Lipinski definition) is 1. The van der Waals surface area contributed by atoms with Gasteiger partial charge in [-0.2, -0.15) is 0 Å². The molecule has 0 aromatic rings. The first-order valence-electron chi connectivity index (χ1n) is 11.3. The summed E-state index contributed by atoms with van der Waals surface area (Å²) in [7, 11) is 0. The highest BCUT2D eigenvalue weighted by molar-refractivity contribution is 4.91. The minimum absolute atomic E-state index is 0.747. The van der Waals surface area contributed by atoms with E-state index in [4.69, 9.17) is 4.74 Å². The Morgan fingerprint density at radius 1 is 0.720 bits per heavy atom. The molecule has 0 aromatic carbocycles. The molecule has 0 heterocycles. The van der Waals surface area contributed by atoms with Crippen LogP contribution in [0.5, 0.6) is 0 Å². The zero-order valence-electron chi connectivity index (χ0n) is 16.9. The van der Waals surface area contributed by atoms with Crippen LogP contribution in [0.15, 0.2) is 24.7 Å². The van der Waals surface area contributed by atoms with Crippen molar-refractivity contribution in [3.8, 4) is 0 Å². The second-order valence-electron chi connectivity index (χ2n) is 8.66. The maximum absolute atomic E-state index is 5.71. The molecule has 2 aliphatic rings. The normalized spacial score (nSPS) is 31.0. The van der Waals surface area contributed by atoms with Gasteiger partial charge in [-0.15, -0.1) is 0 Å². The molecule has 2 rings (SSSR count). The van der Waals surface area contributed by atoms with Crippen molar-refractivity contribution in [2.24, 2.45) is 23.7 Å². The lowest BCUT2D eigenvalue weighted by molar-refractivity contribution is 0.275. The van der Waals surface area contributed by atoms with Gasteiger partial charge in [0.1, 0.15) is 0 Å². The van der Waals surface area contributed by atoms with Crippen molar-refractivity contribution in [2.45, 2.75) is 104 Å². The lowest BCUT2D eigenvalue weighted by atomic mass is 9.79. The summed E-state index contributed by atoms with van der Waals surface area (Å²) in [5.74, 6) is 3.41. The Labute approximate surface area is 157 Å². The van der Waals surface area contributed by atoms with E-state index in [0.29, 0.717) is 0 Å². The number of hydrogen-bond donors (Lipinski definition) is 0. The fraction of sp³-hybridized carbons (Fsp3) is 0.833. The van der Waals surface area contributed by atoms with Gasteiger partial charge in [-0.25, -0.2) is 0 Å². The van der Waals surface area contributed by atoms with Crippen molar-refractivity contribution in [1.82, 2.24) is 0 Å². The van der Waals surface area contributed by atoms with E-state index in [0.717, 1.165) is 23.7 Å². The van der Waals surface area contributed by atoms with Gasteiger partial charge in [0.2, 0.25) is 0 Å². The summed E-state index contributed by atoms with van der Waals surface area (Å²) in [6, 6.07) is 0. The van der Waals surface area contributed by atoms with Crippen molar-refractivity contribution >= 4 is 0 Å². The third-order valence-corrected chi connectivity index (χ3v) is 6.44. The molecule has 2 aliphatic carbocycles. The molecule has 4 unspecified atom stereocenters. The lowest BCUT2D eigenvalue weighted by Gasteiger charge is -2.27. The quantitative estimate of drug-likeness (QED) is 0.364. The maximum atomic E-state index is 5.71. The van der Waals surface area contributed by atoms with Crippen LogP contribution < -0.4 is 0 Å². The van der Waals surface area contributed by atoms with Crippen molar-refractivity contribution in [1.29, 1.82) is 0 Å². The smallest absolute Gasteiger partial charge is 0.0864 e. The van der Waals surface area contributed by atoms with E-state index in [1.807, 2.05) is 12.5 Å². The van der Waals surface area contributed by atoms with E-state index in [9.17, 15) is 0 Å². The Balaban J connectivity index is 1.63. The fourth-order valence-corrected chi connectivity index (χ4v) is 4.88. The van der Waals surface area contributed by atoms with Crippen LogP contribution in [-0.2, 0) is 4.74 Å². The van der Waals surface area contributed by atoms with Gasteiger partial charge in [-0.1, -0.05) is 78.1 Å². The molecule has 0 saturated heterocycles. The predicted molar refractivity (Wildman–Crippen MR) is 109 cm³/mol. The van der Waals surface area contributed by atoms with Gasteiger partial charge < -0.3 is 4.74 Å². The Kier molecular flexibility index (Phi) is 10.4. The Hall–Kier alpha value is -0.720. The van der Waals surface area contributed by atoms with E-state index < -0.39 is 0 Å². The molecule has 0 radical (unpaired) electrons. The molecular weight excluding hydrogens is 304 g/mol. The van der Waals surface area contributed by atoms with Crippen molar-refractivity contribution in [3.05, 3.63) is 24.7 Å². The van der Waals surface area contributed by atoms with Gasteiger partial charge in [-0.05, 0) is 61.5 Å². The number of unbranched alkanes of at least 4 members (excludes halogenated alkanes) is 2. The highest BCUT2D eigenvalue weighted by Crippen LogP contribution is 2.34. The van der Waals surface area contributed by atoms with Crippen LogP contribution in [0.1, 0.15) is 104 Å². The first kappa shape index (κ1) is 20.6. The molecule has 2 fully saturated rings. The first-order chi connectivity index (χ1) is 12.3. The Bertz CT molecular complexity index is 348. The van der Waals surface area contributed by atoms with E-state index >= 15 is 0 Å². The van der Waals surface area contributed by atoms with Gasteiger partial charge in [0.25, 0.3) is 0 Å². The number of rotatable bonds is 10. The van der Waals surface area contributed by atoms with Crippen LogP contribution in [0.25, 0.3) is 0 Å². The third kappa shape index (κ3) is 8.47. The topological polar surface area (TPSA) is 9.23 Å². The third-order valence-electron chi connectivity index (χ3n) is 6.44. The molecule has 0 spiro atoms. The molecule has 0 amide bonds. The lowest BCUT2D eigenvalue weighted by Crippen LogP contribution is -2.14. The van der Waals surface area contributed by atoms with Gasteiger partial charge in [0.15, 0.2) is 0 Å². The van der Waals surface area contributed by atoms with E-state index in [-0.39, 0.29) is 0 Å². The Morgan fingerprint density at radius 2 is 1.20 bits per heavy atom. The first-order valence-corrected chi connectivity index (χ1v) is 11.3. The SMILES string of the molecule is CCCCC1CCCC(C=COC=CC2CCCC(CCCC)C2)C1. The second-order valence-corrected chi connectivity index (χ2v) is 8.66. The summed E-state index contributed by atoms with van der Waals surface area (Å²) in [6.45, 7) is 4.61. The summed E-state index contributed by atoms with van der Waals surface area (Å²) >= 11 is 0. The van der Waals surface area contributed by atoms with Crippen LogP contribution in [0.4, 0.5) is 0 Å². The monoisotopic (exact) mass is 346 g/mol. The van der Waals surface area contributed by atoms with E-state index in [1.165, 1.54) is 89.9 Å². The Morgan fingerprint density at radius 3 is 1.64 bits per heavy atom. The molecule has 144 valence electrons. The van der Waals surface area contributed by atoms with Gasteiger partial charge >= 0.3 is 0 Å². The summed E-state index contributed by atoms with van der Waals surface area (Å²) in [5, 5.41) is 0. The van der Waals surface area contributed by atoms with Crippen molar-refractivity contribution < 1.29 is 4.74 Å². The van der Waals surface area contributed by atoms with Crippen LogP contribution in [0.2, 0.25) is 0 Å². The molecule has 0 aromatic heterocycles. The minimum Gasteiger partial charge on any atom is -0.473 e. The average molecular weight is 347 g/mol. The zero-order chi connectivity index (χ0) is 17.7. The molecule has 0 bridgehead atoms. The van der Waals surface area contributed by atoms with Crippen LogP contribution in [0.3, 0.4) is 0 Å². The highest BCUT2D eigenvalue weighted by Gasteiger charge is 2.20. The van der Waals surface area contributed by atoms with Gasteiger partial charge in [0, 0.05) is 0 Å². The number of allylic oxidation sites excluding steroid dienone is 2. The molecule has 1 heteroatoms. The van der Waals surface area contributed by atoms with Crippen LogP contribution >= 0.6 is 0 Å². The van der Waals surface area contributed by atoms with Gasteiger partial charge in [-0.3, -0.25) is 0 Å². The summed E-state index contributed by atoms with van der Waals surface area (Å²) in [4.78, 5) is 0. The van der Waals surface area contributed by atoms with Gasteiger partial charge in [0.05, 0.1) is 12.5 Å². The standard InChI is InChI=1S/C24H42O/c1-3-5-9-21-11-7-13-23(19-21)15-17-25-18-16-24-14-8-12-22(20-24)10-6-4-2/h15-18,21-24H,3-14,19-20H2,1-2H3. The molecular formula is C24H42O. The second kappa shape index (κ2) is 12.6. The van der Waals surface area contributed by atoms with Crippen molar-refractivity contribution in [2.75, 3.05) is 0 Å². The largest absolute Gasteiger partial charge is 0.473 e. The summed E-state index contributed by atoms with van der Waals surface area (Å²) in [6.07, 6.45) is 28.1. The molecule has 1 nitrogen and oxygen atoms in total. The fourth-order valence-electron chi connectivity index (χ4n) is 4.88. The predicted octanol–water partition coefficient (Wildman–Crippen LogP) is 8.02. The van der Waals surface area contributed by atoms with E-state index in [2.05, 4.69) is 26.0 Å². The summed E-state index contributed by atoms with van der Waals surface area (Å²) < 4.78 is 5.71. The maximum Gasteiger partial charge on any atom is 0.0864 e. The molecule has 0 N–H and O–H groups in total. The molecule has 2 saturated carbocycles. The van der Waals surface area contributed by atoms with Crippen LogP contribution in [0, 0.1) is 23.7 Å². The summed E-state index contributed by atoms with van der Waals surface area (Å²) in [5.41, 5.74) is 0.